The number of ether oxygens (including phenoxy) is 2. The Morgan fingerprint density at radius 1 is 1.05 bits per heavy atom. The van der Waals surface area contributed by atoms with Gasteiger partial charge in [0.15, 0.2) is 0 Å². The van der Waals surface area contributed by atoms with Crippen molar-refractivity contribution in [2.24, 2.45) is 0 Å². The lowest BCUT2D eigenvalue weighted by molar-refractivity contribution is 0.302. The van der Waals surface area contributed by atoms with Crippen LogP contribution in [-0.4, -0.2) is 7.11 Å². The van der Waals surface area contributed by atoms with Gasteiger partial charge >= 0.3 is 0 Å². The van der Waals surface area contributed by atoms with Gasteiger partial charge in [0.2, 0.25) is 0 Å². The molecule has 0 atom stereocenters. The summed E-state index contributed by atoms with van der Waals surface area (Å²) in [5.41, 5.74) is 4.73. The monoisotopic (exact) mass is 334 g/mol. The first-order chi connectivity index (χ1) is 9.51. The fourth-order valence-electron chi connectivity index (χ4n) is 2.09. The molecule has 2 aromatic carbocycles. The van der Waals surface area contributed by atoms with Crippen LogP contribution >= 0.6 is 15.9 Å². The number of benzene rings is 2. The van der Waals surface area contributed by atoms with Crippen molar-refractivity contribution in [1.29, 1.82) is 0 Å². The Morgan fingerprint density at radius 2 is 1.80 bits per heavy atom. The second-order valence-corrected chi connectivity index (χ2v) is 5.81. The molecule has 0 bridgehead atoms. The van der Waals surface area contributed by atoms with Gasteiger partial charge in [0.25, 0.3) is 0 Å². The molecule has 0 radical (unpaired) electrons. The van der Waals surface area contributed by atoms with Gasteiger partial charge in [-0.3, -0.25) is 0 Å². The van der Waals surface area contributed by atoms with Gasteiger partial charge in [0.05, 0.1) is 7.11 Å². The molecule has 0 N–H and O–H groups in total. The van der Waals surface area contributed by atoms with E-state index < -0.39 is 0 Å². The van der Waals surface area contributed by atoms with Crippen molar-refractivity contribution >= 4 is 15.9 Å². The van der Waals surface area contributed by atoms with Crippen LogP contribution in [0.15, 0.2) is 34.8 Å². The van der Waals surface area contributed by atoms with Gasteiger partial charge in [-0.2, -0.15) is 0 Å². The summed E-state index contributed by atoms with van der Waals surface area (Å²) >= 11 is 3.55. The Morgan fingerprint density at radius 3 is 2.50 bits per heavy atom. The maximum Gasteiger partial charge on any atom is 0.123 e. The Hall–Kier alpha value is -1.48. The molecule has 0 unspecified atom stereocenters. The van der Waals surface area contributed by atoms with E-state index in [0.717, 1.165) is 21.5 Å². The van der Waals surface area contributed by atoms with Crippen LogP contribution < -0.4 is 9.47 Å². The average Bonchev–Trinajstić information content (AvgIpc) is 2.42. The molecule has 0 fully saturated rings. The van der Waals surface area contributed by atoms with Gasteiger partial charge in [0, 0.05) is 10.0 Å². The highest BCUT2D eigenvalue weighted by molar-refractivity contribution is 9.10. The molecular weight excluding hydrogens is 316 g/mol. The van der Waals surface area contributed by atoms with Gasteiger partial charge in [-0.25, -0.2) is 0 Å². The minimum Gasteiger partial charge on any atom is -0.497 e. The molecule has 3 heteroatoms. The summed E-state index contributed by atoms with van der Waals surface area (Å²) in [6.45, 7) is 6.80. The van der Waals surface area contributed by atoms with Crippen LogP contribution in [0, 0.1) is 20.8 Å². The number of halogens is 1. The second kappa shape index (κ2) is 6.31. The Balaban J connectivity index is 2.21. The summed E-state index contributed by atoms with van der Waals surface area (Å²) in [6, 6.07) is 10.1. The fraction of sp³-hybridized carbons (Fsp3) is 0.294. The lowest BCUT2D eigenvalue weighted by Gasteiger charge is -2.13. The van der Waals surface area contributed by atoms with Crippen molar-refractivity contribution in [2.75, 3.05) is 7.11 Å². The van der Waals surface area contributed by atoms with E-state index in [1.807, 2.05) is 18.2 Å². The van der Waals surface area contributed by atoms with E-state index in [1.165, 1.54) is 16.7 Å². The highest BCUT2D eigenvalue weighted by Gasteiger charge is 2.07. The zero-order valence-corrected chi connectivity index (χ0v) is 13.9. The van der Waals surface area contributed by atoms with Crippen LogP contribution in [0.2, 0.25) is 0 Å². The van der Waals surface area contributed by atoms with Crippen molar-refractivity contribution in [3.8, 4) is 11.5 Å². The largest absolute Gasteiger partial charge is 0.497 e. The molecule has 0 aromatic heterocycles. The molecule has 0 saturated heterocycles. The molecule has 0 aliphatic heterocycles. The van der Waals surface area contributed by atoms with E-state index in [9.17, 15) is 0 Å². The van der Waals surface area contributed by atoms with Crippen LogP contribution in [-0.2, 0) is 6.61 Å². The fourth-order valence-corrected chi connectivity index (χ4v) is 2.46. The minimum atomic E-state index is 0.515. The number of rotatable bonds is 4. The van der Waals surface area contributed by atoms with Gasteiger partial charge in [-0.1, -0.05) is 22.0 Å². The molecule has 0 aliphatic carbocycles. The maximum absolute atomic E-state index is 5.98. The summed E-state index contributed by atoms with van der Waals surface area (Å²) in [5.74, 6) is 1.78. The lowest BCUT2D eigenvalue weighted by Crippen LogP contribution is -2.00. The Bertz CT molecular complexity index is 621. The molecule has 0 saturated carbocycles. The van der Waals surface area contributed by atoms with Crippen LogP contribution in [0.1, 0.15) is 22.3 Å². The van der Waals surface area contributed by atoms with E-state index in [4.69, 9.17) is 9.47 Å². The zero-order chi connectivity index (χ0) is 14.7. The van der Waals surface area contributed by atoms with Crippen molar-refractivity contribution in [2.45, 2.75) is 27.4 Å². The van der Waals surface area contributed by atoms with E-state index in [2.05, 4.69) is 48.8 Å². The van der Waals surface area contributed by atoms with E-state index in [1.54, 1.807) is 7.11 Å². The van der Waals surface area contributed by atoms with Gasteiger partial charge in [-0.15, -0.1) is 0 Å². The Kier molecular flexibility index (Phi) is 4.71. The van der Waals surface area contributed by atoms with Gasteiger partial charge in [0.1, 0.15) is 18.1 Å². The number of methoxy groups -OCH3 is 1. The van der Waals surface area contributed by atoms with Crippen LogP contribution in [0.5, 0.6) is 11.5 Å². The average molecular weight is 335 g/mol. The SMILES string of the molecule is COc1ccc(Br)c(COc2cc(C)cc(C)c2C)c1. The molecule has 20 heavy (non-hydrogen) atoms. The third-order valence-electron chi connectivity index (χ3n) is 3.40. The summed E-state index contributed by atoms with van der Waals surface area (Å²) < 4.78 is 12.3. The summed E-state index contributed by atoms with van der Waals surface area (Å²) in [6.07, 6.45) is 0. The maximum atomic E-state index is 5.98. The highest BCUT2D eigenvalue weighted by atomic mass is 79.9. The van der Waals surface area contributed by atoms with Gasteiger partial charge < -0.3 is 9.47 Å². The summed E-state index contributed by atoms with van der Waals surface area (Å²) in [5, 5.41) is 0. The first kappa shape index (κ1) is 14.9. The first-order valence-corrected chi connectivity index (χ1v) is 7.33. The van der Waals surface area contributed by atoms with E-state index in [-0.39, 0.29) is 0 Å². The molecule has 0 spiro atoms. The van der Waals surface area contributed by atoms with Gasteiger partial charge in [-0.05, 0) is 61.7 Å². The predicted octanol–water partition coefficient (Wildman–Crippen LogP) is 4.96. The quantitative estimate of drug-likeness (QED) is 0.786. The van der Waals surface area contributed by atoms with Crippen LogP contribution in [0.4, 0.5) is 0 Å². The summed E-state index contributed by atoms with van der Waals surface area (Å²) in [7, 11) is 1.67. The molecule has 0 amide bonds. The van der Waals surface area contributed by atoms with Crippen molar-refractivity contribution in [3.63, 3.8) is 0 Å². The van der Waals surface area contributed by atoms with Crippen molar-refractivity contribution in [3.05, 3.63) is 57.1 Å². The third-order valence-corrected chi connectivity index (χ3v) is 4.17. The Labute approximate surface area is 128 Å². The molecule has 0 aliphatic rings. The number of hydrogen-bond donors (Lipinski definition) is 0. The molecule has 2 aromatic rings. The normalized spacial score (nSPS) is 10.4. The lowest BCUT2D eigenvalue weighted by atomic mass is 10.1. The third kappa shape index (κ3) is 3.34. The van der Waals surface area contributed by atoms with E-state index in [0.29, 0.717) is 6.61 Å². The highest BCUT2D eigenvalue weighted by Crippen LogP contribution is 2.27. The number of hydrogen-bond acceptors (Lipinski definition) is 2. The second-order valence-electron chi connectivity index (χ2n) is 4.95. The van der Waals surface area contributed by atoms with Crippen molar-refractivity contribution in [1.82, 2.24) is 0 Å². The van der Waals surface area contributed by atoms with E-state index >= 15 is 0 Å². The summed E-state index contributed by atoms with van der Waals surface area (Å²) in [4.78, 5) is 0. The topological polar surface area (TPSA) is 18.5 Å². The molecule has 106 valence electrons. The zero-order valence-electron chi connectivity index (χ0n) is 12.3. The van der Waals surface area contributed by atoms with Crippen LogP contribution in [0.25, 0.3) is 0 Å². The standard InChI is InChI=1S/C17H19BrO2/c1-11-7-12(2)13(3)17(8-11)20-10-14-9-15(19-4)5-6-16(14)18/h5-9H,10H2,1-4H3. The molecule has 0 heterocycles. The minimum absolute atomic E-state index is 0.515. The van der Waals surface area contributed by atoms with Crippen LogP contribution in [0.3, 0.4) is 0 Å². The first-order valence-electron chi connectivity index (χ1n) is 6.54. The number of aryl methyl sites for hydroxylation is 2. The molecule has 2 rings (SSSR count). The molecular formula is C17H19BrO2. The smallest absolute Gasteiger partial charge is 0.123 e. The predicted molar refractivity (Wildman–Crippen MR) is 85.7 cm³/mol. The van der Waals surface area contributed by atoms with Crippen molar-refractivity contribution < 1.29 is 9.47 Å². The molecule has 2 nitrogen and oxygen atoms in total.